The molecule has 0 aromatic carbocycles. The van der Waals surface area contributed by atoms with Gasteiger partial charge in [-0.25, -0.2) is 0 Å². The molecule has 13 heavy (non-hydrogen) atoms. The fourth-order valence-corrected chi connectivity index (χ4v) is 1.77. The van der Waals surface area contributed by atoms with Crippen molar-refractivity contribution in [1.82, 2.24) is 4.90 Å². The zero-order valence-electron chi connectivity index (χ0n) is 8.07. The van der Waals surface area contributed by atoms with Gasteiger partial charge < -0.3 is 15.7 Å². The summed E-state index contributed by atoms with van der Waals surface area (Å²) in [4.78, 5) is 13.0. The summed E-state index contributed by atoms with van der Waals surface area (Å²) in [6, 6.07) is 0. The van der Waals surface area contributed by atoms with Crippen LogP contribution in [0.2, 0.25) is 0 Å². The van der Waals surface area contributed by atoms with Crippen LogP contribution in [0.5, 0.6) is 0 Å². The molecule has 1 atom stereocenters. The topological polar surface area (TPSA) is 66.6 Å². The highest BCUT2D eigenvalue weighted by Crippen LogP contribution is 2.16. The van der Waals surface area contributed by atoms with E-state index in [1.807, 2.05) is 0 Å². The Morgan fingerprint density at radius 2 is 2.15 bits per heavy atom. The first-order chi connectivity index (χ1) is 6.09. The van der Waals surface area contributed by atoms with Crippen molar-refractivity contribution in [3.63, 3.8) is 0 Å². The van der Waals surface area contributed by atoms with Gasteiger partial charge in [0.2, 0.25) is 5.91 Å². The molecule has 0 saturated carbocycles. The Balaban J connectivity index is 2.26. The first kappa shape index (κ1) is 10.5. The van der Waals surface area contributed by atoms with Gasteiger partial charge in [0, 0.05) is 12.5 Å². The van der Waals surface area contributed by atoms with Crippen molar-refractivity contribution in [3.05, 3.63) is 0 Å². The lowest BCUT2D eigenvalue weighted by molar-refractivity contribution is -0.123. The van der Waals surface area contributed by atoms with Crippen LogP contribution in [0.4, 0.5) is 0 Å². The van der Waals surface area contributed by atoms with Crippen molar-refractivity contribution in [2.24, 2.45) is 11.7 Å². The number of β-amino-alcohol motifs (C(OH)–C–C–N with tert-alkyl or cyclic N) is 1. The maximum Gasteiger partial charge on any atom is 0.220 e. The first-order valence-corrected chi connectivity index (χ1v) is 4.79. The number of nitrogens with zero attached hydrogens (tertiary/aromatic N) is 1. The lowest BCUT2D eigenvalue weighted by atomic mass is 9.96. The molecule has 1 rings (SSSR count). The van der Waals surface area contributed by atoms with Crippen molar-refractivity contribution in [2.75, 3.05) is 19.6 Å². The number of aliphatic hydroxyl groups is 1. The van der Waals surface area contributed by atoms with E-state index in [2.05, 4.69) is 4.90 Å². The Morgan fingerprint density at radius 3 is 2.54 bits per heavy atom. The van der Waals surface area contributed by atoms with Crippen molar-refractivity contribution in [2.45, 2.75) is 25.9 Å². The number of likely N-dealkylation sites (tertiary alicyclic amines) is 1. The molecular weight excluding hydrogens is 168 g/mol. The summed E-state index contributed by atoms with van der Waals surface area (Å²) in [5, 5.41) is 9.15. The second-order valence-electron chi connectivity index (χ2n) is 3.83. The van der Waals surface area contributed by atoms with E-state index in [0.717, 1.165) is 25.9 Å². The van der Waals surface area contributed by atoms with Gasteiger partial charge in [0.25, 0.3) is 0 Å². The van der Waals surface area contributed by atoms with Crippen LogP contribution in [0.25, 0.3) is 0 Å². The number of piperidine rings is 1. The molecule has 0 aromatic heterocycles. The summed E-state index contributed by atoms with van der Waals surface area (Å²) in [7, 11) is 0. The molecule has 0 aliphatic carbocycles. The normalized spacial score (nSPS) is 22.9. The molecular formula is C9H18N2O2. The van der Waals surface area contributed by atoms with Gasteiger partial charge in [0.15, 0.2) is 0 Å². The molecule has 1 saturated heterocycles. The first-order valence-electron chi connectivity index (χ1n) is 4.79. The third-order valence-electron chi connectivity index (χ3n) is 2.51. The summed E-state index contributed by atoms with van der Waals surface area (Å²) in [5.41, 5.74) is 5.21. The van der Waals surface area contributed by atoms with E-state index in [9.17, 15) is 4.79 Å². The van der Waals surface area contributed by atoms with E-state index in [1.165, 1.54) is 0 Å². The van der Waals surface area contributed by atoms with Gasteiger partial charge in [-0.05, 0) is 32.9 Å². The minimum Gasteiger partial charge on any atom is -0.392 e. The number of amides is 1. The lowest BCUT2D eigenvalue weighted by Gasteiger charge is -2.31. The highest BCUT2D eigenvalue weighted by molar-refractivity contribution is 5.76. The minimum absolute atomic E-state index is 0.0465. The number of aliphatic hydroxyl groups excluding tert-OH is 1. The van der Waals surface area contributed by atoms with Crippen LogP contribution in [0.3, 0.4) is 0 Å². The average Bonchev–Trinajstić information content (AvgIpc) is 2.04. The van der Waals surface area contributed by atoms with E-state index < -0.39 is 0 Å². The highest BCUT2D eigenvalue weighted by atomic mass is 16.3. The Kier molecular flexibility index (Phi) is 3.69. The Hall–Kier alpha value is -0.610. The lowest BCUT2D eigenvalue weighted by Crippen LogP contribution is -2.41. The summed E-state index contributed by atoms with van der Waals surface area (Å²) in [5.74, 6) is -0.137. The molecule has 0 bridgehead atoms. The summed E-state index contributed by atoms with van der Waals surface area (Å²) < 4.78 is 0. The van der Waals surface area contributed by atoms with Gasteiger partial charge in [-0.2, -0.15) is 0 Å². The third kappa shape index (κ3) is 3.32. The number of primary amides is 1. The molecule has 4 nitrogen and oxygen atoms in total. The number of carbonyl (C=O) groups is 1. The quantitative estimate of drug-likeness (QED) is 0.628. The molecule has 76 valence electrons. The molecule has 0 unspecified atom stereocenters. The largest absolute Gasteiger partial charge is 0.392 e. The molecule has 4 heteroatoms. The summed E-state index contributed by atoms with van der Waals surface area (Å²) in [6.45, 7) is 4.22. The Bertz CT molecular complexity index is 174. The fraction of sp³-hybridized carbons (Fsp3) is 0.889. The van der Waals surface area contributed by atoms with Crippen molar-refractivity contribution in [1.29, 1.82) is 0 Å². The third-order valence-corrected chi connectivity index (χ3v) is 2.51. The van der Waals surface area contributed by atoms with Crippen LogP contribution >= 0.6 is 0 Å². The number of nitrogens with two attached hydrogens (primary N) is 1. The van der Waals surface area contributed by atoms with E-state index in [0.29, 0.717) is 6.54 Å². The molecule has 1 heterocycles. The second kappa shape index (κ2) is 4.58. The fourth-order valence-electron chi connectivity index (χ4n) is 1.77. The zero-order valence-corrected chi connectivity index (χ0v) is 8.07. The summed E-state index contributed by atoms with van der Waals surface area (Å²) in [6.07, 6.45) is 1.38. The van der Waals surface area contributed by atoms with E-state index in [4.69, 9.17) is 10.8 Å². The van der Waals surface area contributed by atoms with Crippen LogP contribution in [-0.2, 0) is 4.79 Å². The highest BCUT2D eigenvalue weighted by Gasteiger charge is 2.23. The van der Waals surface area contributed by atoms with Crippen LogP contribution < -0.4 is 5.73 Å². The van der Waals surface area contributed by atoms with Gasteiger partial charge in [0.05, 0.1) is 6.10 Å². The molecule has 0 aromatic rings. The van der Waals surface area contributed by atoms with Gasteiger partial charge in [-0.15, -0.1) is 0 Å². The Labute approximate surface area is 78.7 Å². The smallest absolute Gasteiger partial charge is 0.220 e. The molecule has 3 N–H and O–H groups in total. The zero-order chi connectivity index (χ0) is 9.84. The number of hydrogen-bond acceptors (Lipinski definition) is 3. The molecule has 1 amide bonds. The number of hydrogen-bond donors (Lipinski definition) is 2. The van der Waals surface area contributed by atoms with Crippen LogP contribution in [0, 0.1) is 5.92 Å². The van der Waals surface area contributed by atoms with Gasteiger partial charge in [0.1, 0.15) is 0 Å². The maximum absolute atomic E-state index is 10.8. The second-order valence-corrected chi connectivity index (χ2v) is 3.83. The number of rotatable bonds is 3. The van der Waals surface area contributed by atoms with Crippen LogP contribution in [-0.4, -0.2) is 41.7 Å². The predicted octanol–water partition coefficient (Wildman–Crippen LogP) is -0.435. The van der Waals surface area contributed by atoms with Crippen molar-refractivity contribution < 1.29 is 9.90 Å². The SMILES string of the molecule is C[C@H](O)CN1CCC(C(N)=O)CC1. The van der Waals surface area contributed by atoms with E-state index in [1.54, 1.807) is 6.92 Å². The minimum atomic E-state index is -0.287. The van der Waals surface area contributed by atoms with Gasteiger partial charge >= 0.3 is 0 Å². The molecule has 0 radical (unpaired) electrons. The maximum atomic E-state index is 10.8. The van der Waals surface area contributed by atoms with Gasteiger partial charge in [-0.3, -0.25) is 4.79 Å². The monoisotopic (exact) mass is 186 g/mol. The van der Waals surface area contributed by atoms with E-state index in [-0.39, 0.29) is 17.9 Å². The van der Waals surface area contributed by atoms with E-state index >= 15 is 0 Å². The van der Waals surface area contributed by atoms with Crippen LogP contribution in [0.1, 0.15) is 19.8 Å². The van der Waals surface area contributed by atoms with Crippen molar-refractivity contribution in [3.8, 4) is 0 Å². The van der Waals surface area contributed by atoms with Gasteiger partial charge in [-0.1, -0.05) is 0 Å². The standard InChI is InChI=1S/C9H18N2O2/c1-7(12)6-11-4-2-8(3-5-11)9(10)13/h7-8,12H,2-6H2,1H3,(H2,10,13)/t7-/m0/s1. The average molecular weight is 186 g/mol. The Morgan fingerprint density at radius 1 is 1.62 bits per heavy atom. The molecule has 1 aliphatic rings. The molecule has 0 spiro atoms. The predicted molar refractivity (Wildman–Crippen MR) is 50.0 cm³/mol. The number of carbonyl (C=O) groups excluding carboxylic acids is 1. The molecule has 1 aliphatic heterocycles. The molecule has 1 fully saturated rings. The summed E-state index contributed by atoms with van der Waals surface area (Å²) >= 11 is 0. The van der Waals surface area contributed by atoms with Crippen molar-refractivity contribution >= 4 is 5.91 Å². The van der Waals surface area contributed by atoms with Crippen LogP contribution in [0.15, 0.2) is 0 Å².